The molecule has 0 aliphatic heterocycles. The Bertz CT molecular complexity index is 748. The second-order valence-corrected chi connectivity index (χ2v) is 4.54. The van der Waals surface area contributed by atoms with Crippen molar-refractivity contribution < 1.29 is 4.74 Å². The average molecular weight is 261 g/mol. The van der Waals surface area contributed by atoms with Crippen LogP contribution in [0.2, 0.25) is 0 Å². The summed E-state index contributed by atoms with van der Waals surface area (Å²) in [6.07, 6.45) is 4.09. The van der Waals surface area contributed by atoms with Gasteiger partial charge in [-0.3, -0.25) is 0 Å². The van der Waals surface area contributed by atoms with Crippen LogP contribution >= 0.6 is 0 Å². The Labute approximate surface area is 118 Å². The highest BCUT2D eigenvalue weighted by Gasteiger charge is 1.98. The van der Waals surface area contributed by atoms with Crippen molar-refractivity contribution in [3.63, 3.8) is 0 Å². The van der Waals surface area contributed by atoms with Gasteiger partial charge in [-0.15, -0.1) is 0 Å². The van der Waals surface area contributed by atoms with Gasteiger partial charge in [-0.25, -0.2) is 4.98 Å². The summed E-state index contributed by atoms with van der Waals surface area (Å²) in [5.41, 5.74) is 3.09. The van der Waals surface area contributed by atoms with Gasteiger partial charge < -0.3 is 4.74 Å². The Morgan fingerprint density at radius 1 is 0.900 bits per heavy atom. The predicted octanol–water partition coefficient (Wildman–Crippen LogP) is 4.41. The lowest BCUT2D eigenvalue weighted by Gasteiger charge is -2.02. The summed E-state index contributed by atoms with van der Waals surface area (Å²) in [4.78, 5) is 4.62. The smallest absolute Gasteiger partial charge is 0.119 e. The van der Waals surface area contributed by atoms with E-state index in [-0.39, 0.29) is 0 Å². The molecule has 0 amide bonds. The number of aromatic nitrogens is 1. The summed E-state index contributed by atoms with van der Waals surface area (Å²) in [5.74, 6) is 0.854. The van der Waals surface area contributed by atoms with Gasteiger partial charge in [0.25, 0.3) is 0 Å². The van der Waals surface area contributed by atoms with Crippen molar-refractivity contribution in [3.8, 4) is 5.75 Å². The number of pyridine rings is 1. The summed E-state index contributed by atoms with van der Waals surface area (Å²) < 4.78 is 5.22. The summed E-state index contributed by atoms with van der Waals surface area (Å²) in [6.45, 7) is 0. The van der Waals surface area contributed by atoms with Crippen molar-refractivity contribution in [2.45, 2.75) is 0 Å². The van der Waals surface area contributed by atoms with Gasteiger partial charge in [-0.1, -0.05) is 42.5 Å². The van der Waals surface area contributed by atoms with Gasteiger partial charge in [0.1, 0.15) is 5.75 Å². The van der Waals surface area contributed by atoms with E-state index in [1.54, 1.807) is 7.11 Å². The normalized spacial score (nSPS) is 11.1. The van der Waals surface area contributed by atoms with Gasteiger partial charge in [0.2, 0.25) is 0 Å². The first kappa shape index (κ1) is 12.4. The quantitative estimate of drug-likeness (QED) is 0.696. The molecule has 2 heteroatoms. The van der Waals surface area contributed by atoms with E-state index in [9.17, 15) is 0 Å². The first-order valence-corrected chi connectivity index (χ1v) is 6.53. The molecule has 0 saturated heterocycles. The molecule has 98 valence electrons. The Balaban J connectivity index is 1.91. The van der Waals surface area contributed by atoms with Crippen LogP contribution in [0.3, 0.4) is 0 Å². The van der Waals surface area contributed by atoms with E-state index in [0.29, 0.717) is 0 Å². The molecule has 0 saturated carbocycles. The zero-order valence-electron chi connectivity index (χ0n) is 11.3. The van der Waals surface area contributed by atoms with E-state index in [0.717, 1.165) is 22.3 Å². The molecule has 3 aromatic rings. The summed E-state index contributed by atoms with van der Waals surface area (Å²) in [6, 6.07) is 20.2. The van der Waals surface area contributed by atoms with Crippen molar-refractivity contribution in [2.24, 2.45) is 0 Å². The maximum absolute atomic E-state index is 5.22. The molecular weight excluding hydrogens is 246 g/mol. The zero-order valence-corrected chi connectivity index (χ0v) is 11.3. The molecule has 0 bridgehead atoms. The summed E-state index contributed by atoms with van der Waals surface area (Å²) >= 11 is 0. The number of rotatable bonds is 3. The molecule has 0 N–H and O–H groups in total. The molecule has 1 aromatic heterocycles. The Morgan fingerprint density at radius 3 is 2.55 bits per heavy atom. The number of methoxy groups -OCH3 is 1. The first-order valence-electron chi connectivity index (χ1n) is 6.53. The van der Waals surface area contributed by atoms with E-state index in [2.05, 4.69) is 29.3 Å². The lowest BCUT2D eigenvalue weighted by atomic mass is 10.1. The van der Waals surface area contributed by atoms with Crippen LogP contribution in [-0.4, -0.2) is 12.1 Å². The second kappa shape index (κ2) is 5.57. The van der Waals surface area contributed by atoms with Crippen molar-refractivity contribution in [3.05, 3.63) is 71.9 Å². The Morgan fingerprint density at radius 2 is 1.75 bits per heavy atom. The number of hydrogen-bond donors (Lipinski definition) is 0. The maximum atomic E-state index is 5.22. The molecule has 2 aromatic carbocycles. The van der Waals surface area contributed by atoms with Crippen LogP contribution < -0.4 is 4.74 Å². The van der Waals surface area contributed by atoms with Gasteiger partial charge in [0.05, 0.1) is 18.3 Å². The predicted molar refractivity (Wildman–Crippen MR) is 83.7 cm³/mol. The molecule has 0 radical (unpaired) electrons. The molecule has 0 unspecified atom stereocenters. The molecule has 0 atom stereocenters. The van der Waals surface area contributed by atoms with E-state index >= 15 is 0 Å². The lowest BCUT2D eigenvalue weighted by Crippen LogP contribution is -1.86. The van der Waals surface area contributed by atoms with Crippen LogP contribution in [0.1, 0.15) is 11.3 Å². The van der Waals surface area contributed by atoms with Gasteiger partial charge in [-0.2, -0.15) is 0 Å². The van der Waals surface area contributed by atoms with E-state index in [1.807, 2.05) is 48.5 Å². The number of hydrogen-bond acceptors (Lipinski definition) is 2. The van der Waals surface area contributed by atoms with Crippen LogP contribution in [0, 0.1) is 0 Å². The summed E-state index contributed by atoms with van der Waals surface area (Å²) in [7, 11) is 1.67. The summed E-state index contributed by atoms with van der Waals surface area (Å²) in [5, 5.41) is 1.08. The highest BCUT2D eigenvalue weighted by atomic mass is 16.5. The topological polar surface area (TPSA) is 22.1 Å². The second-order valence-electron chi connectivity index (χ2n) is 4.54. The van der Waals surface area contributed by atoms with Gasteiger partial charge >= 0.3 is 0 Å². The fraction of sp³-hybridized carbons (Fsp3) is 0.0556. The third-order valence-corrected chi connectivity index (χ3v) is 3.16. The van der Waals surface area contributed by atoms with Crippen LogP contribution in [0.15, 0.2) is 60.7 Å². The standard InChI is InChI=1S/C18H15NO/c1-20-17-11-12-18-15(13-17)8-10-16(19-18)9-7-14-5-3-2-4-6-14/h2-13H,1H3. The highest BCUT2D eigenvalue weighted by molar-refractivity contribution is 5.82. The van der Waals surface area contributed by atoms with Gasteiger partial charge in [0, 0.05) is 5.39 Å². The Kier molecular flexibility index (Phi) is 3.46. The molecular formula is C18H15NO. The largest absolute Gasteiger partial charge is 0.497 e. The van der Waals surface area contributed by atoms with Crippen LogP contribution in [0.4, 0.5) is 0 Å². The number of nitrogens with zero attached hydrogens (tertiary/aromatic N) is 1. The molecule has 0 aliphatic rings. The fourth-order valence-corrected chi connectivity index (χ4v) is 2.08. The van der Waals surface area contributed by atoms with E-state index < -0.39 is 0 Å². The minimum absolute atomic E-state index is 0.854. The van der Waals surface area contributed by atoms with Crippen molar-refractivity contribution in [2.75, 3.05) is 7.11 Å². The van der Waals surface area contributed by atoms with Crippen molar-refractivity contribution in [1.82, 2.24) is 4.98 Å². The zero-order chi connectivity index (χ0) is 13.8. The third kappa shape index (κ3) is 2.69. The highest BCUT2D eigenvalue weighted by Crippen LogP contribution is 2.20. The fourth-order valence-electron chi connectivity index (χ4n) is 2.08. The minimum atomic E-state index is 0.854. The first-order chi connectivity index (χ1) is 9.85. The molecule has 0 aliphatic carbocycles. The number of ether oxygens (including phenoxy) is 1. The van der Waals surface area contributed by atoms with Crippen LogP contribution in [0.5, 0.6) is 5.75 Å². The average Bonchev–Trinajstić information content (AvgIpc) is 2.53. The molecule has 3 rings (SSSR count). The maximum Gasteiger partial charge on any atom is 0.119 e. The molecule has 2 nitrogen and oxygen atoms in total. The molecule has 20 heavy (non-hydrogen) atoms. The van der Waals surface area contributed by atoms with E-state index in [4.69, 9.17) is 4.74 Å². The van der Waals surface area contributed by atoms with Crippen molar-refractivity contribution >= 4 is 23.1 Å². The van der Waals surface area contributed by atoms with Crippen molar-refractivity contribution in [1.29, 1.82) is 0 Å². The van der Waals surface area contributed by atoms with Crippen LogP contribution in [-0.2, 0) is 0 Å². The Hall–Kier alpha value is -2.61. The SMILES string of the molecule is COc1ccc2nc(C=Cc3ccccc3)ccc2c1. The minimum Gasteiger partial charge on any atom is -0.497 e. The molecule has 1 heterocycles. The lowest BCUT2D eigenvalue weighted by molar-refractivity contribution is 0.415. The molecule has 0 fully saturated rings. The van der Waals surface area contributed by atoms with Gasteiger partial charge in [-0.05, 0) is 35.9 Å². The van der Waals surface area contributed by atoms with E-state index in [1.165, 1.54) is 5.56 Å². The third-order valence-electron chi connectivity index (χ3n) is 3.16. The van der Waals surface area contributed by atoms with Gasteiger partial charge in [0.15, 0.2) is 0 Å². The monoisotopic (exact) mass is 261 g/mol. The molecule has 0 spiro atoms. The van der Waals surface area contributed by atoms with Crippen LogP contribution in [0.25, 0.3) is 23.1 Å². The number of benzene rings is 2. The number of fused-ring (bicyclic) bond motifs is 1.